The molecule has 0 amide bonds. The minimum atomic E-state index is -0.405. The van der Waals surface area contributed by atoms with Crippen molar-refractivity contribution in [3.63, 3.8) is 0 Å². The van der Waals surface area contributed by atoms with Gasteiger partial charge in [-0.2, -0.15) is 0 Å². The summed E-state index contributed by atoms with van der Waals surface area (Å²) in [7, 11) is 1.40. The first-order valence-corrected chi connectivity index (χ1v) is 5.35. The topological polar surface area (TPSA) is 55.5 Å². The van der Waals surface area contributed by atoms with Gasteiger partial charge in [-0.3, -0.25) is 0 Å². The fourth-order valence-corrected chi connectivity index (χ4v) is 1.83. The predicted octanol–water partition coefficient (Wildman–Crippen LogP) is 2.19. The van der Waals surface area contributed by atoms with Gasteiger partial charge in [0.25, 0.3) is 0 Å². The second kappa shape index (κ2) is 5.32. The van der Waals surface area contributed by atoms with E-state index in [1.165, 1.54) is 13.2 Å². The number of phenolic OH excluding ortho intramolecular Hbond substituents is 1. The zero-order valence-corrected chi connectivity index (χ0v) is 9.97. The molecule has 0 fully saturated rings. The zero-order chi connectivity index (χ0) is 11.4. The van der Waals surface area contributed by atoms with E-state index in [-0.39, 0.29) is 16.0 Å². The lowest BCUT2D eigenvalue weighted by Crippen LogP contribution is -2.04. The summed E-state index contributed by atoms with van der Waals surface area (Å²) in [5.41, 5.74) is 5.71. The van der Waals surface area contributed by atoms with Crippen LogP contribution in [0.15, 0.2) is 10.5 Å². The molecule has 0 aromatic heterocycles. The van der Waals surface area contributed by atoms with Crippen molar-refractivity contribution in [2.24, 2.45) is 5.73 Å². The molecule has 0 atom stereocenters. The highest BCUT2D eigenvalue weighted by Crippen LogP contribution is 2.37. The highest BCUT2D eigenvalue weighted by atomic mass is 79.9. The SMILES string of the molecule is COc1c(O)cc(Br)c(F)c1CCCN. The number of methoxy groups -OCH3 is 1. The number of benzene rings is 1. The van der Waals surface area contributed by atoms with Crippen LogP contribution in [0.1, 0.15) is 12.0 Å². The van der Waals surface area contributed by atoms with Crippen molar-refractivity contribution in [2.45, 2.75) is 12.8 Å². The monoisotopic (exact) mass is 277 g/mol. The molecular weight excluding hydrogens is 265 g/mol. The van der Waals surface area contributed by atoms with Crippen molar-refractivity contribution in [3.8, 4) is 11.5 Å². The van der Waals surface area contributed by atoms with Gasteiger partial charge >= 0.3 is 0 Å². The maximum absolute atomic E-state index is 13.7. The molecular formula is C10H13BrFNO2. The van der Waals surface area contributed by atoms with Gasteiger partial charge in [-0.1, -0.05) is 0 Å². The summed E-state index contributed by atoms with van der Waals surface area (Å²) in [6.45, 7) is 0.468. The van der Waals surface area contributed by atoms with Crippen molar-refractivity contribution in [1.82, 2.24) is 0 Å². The van der Waals surface area contributed by atoms with Crippen LogP contribution in [0.2, 0.25) is 0 Å². The van der Waals surface area contributed by atoms with E-state index >= 15 is 0 Å². The Kier molecular flexibility index (Phi) is 4.35. The summed E-state index contributed by atoms with van der Waals surface area (Å²) in [4.78, 5) is 0. The standard InChI is InChI=1S/C10H13BrFNO2/c1-15-10-6(3-2-4-13)9(12)7(11)5-8(10)14/h5,14H,2-4,13H2,1H3. The number of ether oxygens (including phenoxy) is 1. The largest absolute Gasteiger partial charge is 0.504 e. The Hall–Kier alpha value is -0.810. The van der Waals surface area contributed by atoms with Crippen LogP contribution in [0, 0.1) is 5.82 Å². The first kappa shape index (κ1) is 12.3. The Morgan fingerprint density at radius 3 is 2.80 bits per heavy atom. The molecule has 0 aliphatic carbocycles. The van der Waals surface area contributed by atoms with Gasteiger partial charge in [0.15, 0.2) is 11.5 Å². The van der Waals surface area contributed by atoms with Gasteiger partial charge in [-0.05, 0) is 35.3 Å². The average molecular weight is 278 g/mol. The molecule has 1 rings (SSSR count). The molecule has 3 nitrogen and oxygen atoms in total. The molecule has 0 aliphatic heterocycles. The normalized spacial score (nSPS) is 10.4. The fourth-order valence-electron chi connectivity index (χ4n) is 1.38. The van der Waals surface area contributed by atoms with Crippen LogP contribution < -0.4 is 10.5 Å². The number of hydrogen-bond acceptors (Lipinski definition) is 3. The first-order chi connectivity index (χ1) is 7.11. The maximum Gasteiger partial charge on any atom is 0.166 e. The van der Waals surface area contributed by atoms with Crippen molar-refractivity contribution >= 4 is 15.9 Å². The molecule has 3 N–H and O–H groups in total. The second-order valence-corrected chi connectivity index (χ2v) is 3.95. The smallest absolute Gasteiger partial charge is 0.166 e. The Morgan fingerprint density at radius 1 is 1.60 bits per heavy atom. The molecule has 1 aromatic carbocycles. The molecule has 1 aromatic rings. The van der Waals surface area contributed by atoms with E-state index < -0.39 is 5.82 Å². The quantitative estimate of drug-likeness (QED) is 0.887. The summed E-state index contributed by atoms with van der Waals surface area (Å²) in [6.07, 6.45) is 1.08. The molecule has 0 heterocycles. The number of nitrogens with two attached hydrogens (primary N) is 1. The highest BCUT2D eigenvalue weighted by Gasteiger charge is 2.16. The molecule has 84 valence electrons. The van der Waals surface area contributed by atoms with E-state index in [0.29, 0.717) is 24.9 Å². The van der Waals surface area contributed by atoms with Crippen LogP contribution in [0.3, 0.4) is 0 Å². The summed E-state index contributed by atoms with van der Waals surface area (Å²) < 4.78 is 18.9. The number of hydrogen-bond donors (Lipinski definition) is 2. The van der Waals surface area contributed by atoms with E-state index in [2.05, 4.69) is 15.9 Å². The van der Waals surface area contributed by atoms with Crippen LogP contribution in [0.25, 0.3) is 0 Å². The zero-order valence-electron chi connectivity index (χ0n) is 8.39. The number of aromatic hydroxyl groups is 1. The average Bonchev–Trinajstić information content (AvgIpc) is 2.21. The van der Waals surface area contributed by atoms with Gasteiger partial charge in [0.2, 0.25) is 0 Å². The van der Waals surface area contributed by atoms with Crippen LogP contribution in [-0.2, 0) is 6.42 Å². The number of halogens is 2. The third kappa shape index (κ3) is 2.60. The third-order valence-corrected chi connectivity index (χ3v) is 2.66. The number of phenols is 1. The van der Waals surface area contributed by atoms with E-state index in [9.17, 15) is 9.50 Å². The minimum absolute atomic E-state index is 0.0715. The molecule has 5 heteroatoms. The van der Waals surface area contributed by atoms with Gasteiger partial charge in [0.05, 0.1) is 11.6 Å². The molecule has 0 spiro atoms. The van der Waals surface area contributed by atoms with Gasteiger partial charge in [0, 0.05) is 11.6 Å². The highest BCUT2D eigenvalue weighted by molar-refractivity contribution is 9.10. The van der Waals surface area contributed by atoms with Gasteiger partial charge in [-0.25, -0.2) is 4.39 Å². The van der Waals surface area contributed by atoms with Crippen LogP contribution in [0.4, 0.5) is 4.39 Å². The Labute approximate surface area is 96.2 Å². The van der Waals surface area contributed by atoms with Crippen LogP contribution in [0.5, 0.6) is 11.5 Å². The van der Waals surface area contributed by atoms with Crippen molar-refractivity contribution in [3.05, 3.63) is 21.9 Å². The van der Waals surface area contributed by atoms with E-state index in [0.717, 1.165) is 0 Å². The molecule has 0 unspecified atom stereocenters. The molecule has 0 saturated carbocycles. The Balaban J connectivity index is 3.18. The van der Waals surface area contributed by atoms with Crippen LogP contribution >= 0.6 is 15.9 Å². The fraction of sp³-hybridized carbons (Fsp3) is 0.400. The summed E-state index contributed by atoms with van der Waals surface area (Å²) >= 11 is 3.03. The van der Waals surface area contributed by atoms with E-state index in [4.69, 9.17) is 10.5 Å². The minimum Gasteiger partial charge on any atom is -0.504 e. The summed E-state index contributed by atoms with van der Waals surface area (Å²) in [6, 6.07) is 1.28. The van der Waals surface area contributed by atoms with E-state index in [1.807, 2.05) is 0 Å². The Bertz CT molecular complexity index is 358. The predicted molar refractivity (Wildman–Crippen MR) is 59.7 cm³/mol. The van der Waals surface area contributed by atoms with Crippen molar-refractivity contribution < 1.29 is 14.2 Å². The van der Waals surface area contributed by atoms with Crippen LogP contribution in [-0.4, -0.2) is 18.8 Å². The number of rotatable bonds is 4. The lowest BCUT2D eigenvalue weighted by atomic mass is 10.1. The summed E-state index contributed by atoms with van der Waals surface area (Å²) in [5.74, 6) is -0.292. The Morgan fingerprint density at radius 2 is 2.27 bits per heavy atom. The first-order valence-electron chi connectivity index (χ1n) is 4.55. The molecule has 0 radical (unpaired) electrons. The lowest BCUT2D eigenvalue weighted by molar-refractivity contribution is 0.363. The second-order valence-electron chi connectivity index (χ2n) is 3.10. The third-order valence-electron chi connectivity index (χ3n) is 2.08. The van der Waals surface area contributed by atoms with Crippen molar-refractivity contribution in [1.29, 1.82) is 0 Å². The molecule has 0 bridgehead atoms. The molecule has 0 saturated heterocycles. The van der Waals surface area contributed by atoms with Gasteiger partial charge < -0.3 is 15.6 Å². The van der Waals surface area contributed by atoms with Gasteiger partial charge in [0.1, 0.15) is 5.82 Å². The molecule has 0 aliphatic rings. The maximum atomic E-state index is 13.7. The lowest BCUT2D eigenvalue weighted by Gasteiger charge is -2.12. The van der Waals surface area contributed by atoms with Gasteiger partial charge in [-0.15, -0.1) is 0 Å². The van der Waals surface area contributed by atoms with Crippen molar-refractivity contribution in [2.75, 3.05) is 13.7 Å². The molecule has 15 heavy (non-hydrogen) atoms. The van der Waals surface area contributed by atoms with E-state index in [1.54, 1.807) is 0 Å². The summed E-state index contributed by atoms with van der Waals surface area (Å²) in [5, 5.41) is 9.54.